The highest BCUT2D eigenvalue weighted by Crippen LogP contribution is 2.33. The van der Waals surface area contributed by atoms with E-state index in [0.29, 0.717) is 6.61 Å². The zero-order valence-electron chi connectivity index (χ0n) is 16.1. The van der Waals surface area contributed by atoms with Crippen molar-refractivity contribution < 1.29 is 19.4 Å². The van der Waals surface area contributed by atoms with Crippen molar-refractivity contribution in [3.8, 4) is 5.75 Å². The van der Waals surface area contributed by atoms with Crippen LogP contribution in [0.3, 0.4) is 0 Å². The van der Waals surface area contributed by atoms with Crippen LogP contribution in [-0.2, 0) is 16.0 Å². The molecule has 0 radical (unpaired) electrons. The van der Waals surface area contributed by atoms with Gasteiger partial charge in [-0.2, -0.15) is 0 Å². The molecule has 0 amide bonds. The van der Waals surface area contributed by atoms with Crippen molar-refractivity contribution in [2.75, 3.05) is 7.05 Å². The largest absolute Gasteiger partial charge is 0.488 e. The molecule has 0 aliphatic heterocycles. The first-order valence-electron chi connectivity index (χ1n) is 8.70. The molecular weight excluding hydrogens is 362 g/mol. The van der Waals surface area contributed by atoms with Gasteiger partial charge in [-0.25, -0.2) is 5.26 Å². The number of ether oxygens (including phenoxy) is 1. The van der Waals surface area contributed by atoms with Crippen LogP contribution < -0.4 is 10.5 Å². The molecule has 146 valence electrons. The maximum absolute atomic E-state index is 8.31. The highest BCUT2D eigenvalue weighted by Gasteiger charge is 2.07. The second kappa shape index (κ2) is 13.1. The van der Waals surface area contributed by atoms with Crippen LogP contribution in [0.5, 0.6) is 5.75 Å². The van der Waals surface area contributed by atoms with Gasteiger partial charge in [-0.3, -0.25) is 0 Å². The second-order valence-electron chi connectivity index (χ2n) is 5.14. The molecule has 3 rings (SSSR count). The monoisotopic (exact) mass is 389 g/mol. The van der Waals surface area contributed by atoms with Crippen molar-refractivity contribution >= 4 is 22.8 Å². The lowest BCUT2D eigenvalue weighted by Crippen LogP contribution is -1.96. The van der Waals surface area contributed by atoms with Crippen LogP contribution in [0.2, 0.25) is 0 Å². The molecule has 0 aliphatic rings. The van der Waals surface area contributed by atoms with Crippen LogP contribution in [0.25, 0.3) is 10.8 Å². The Balaban J connectivity index is 0.000000855. The van der Waals surface area contributed by atoms with Crippen LogP contribution in [0.4, 0.5) is 0 Å². The van der Waals surface area contributed by atoms with Gasteiger partial charge in [0, 0.05) is 10.3 Å². The molecule has 0 aromatic heterocycles. The fourth-order valence-corrected chi connectivity index (χ4v) is 2.76. The molecule has 0 atom stereocenters. The summed E-state index contributed by atoms with van der Waals surface area (Å²) in [6.45, 7) is 6.54. The van der Waals surface area contributed by atoms with Gasteiger partial charge in [0.15, 0.2) is 0 Å². The average molecular weight is 390 g/mol. The first-order chi connectivity index (χ1) is 13.3. The van der Waals surface area contributed by atoms with E-state index in [1.807, 2.05) is 50.2 Å². The molecule has 0 spiro atoms. The molecule has 3 N–H and O–H groups in total. The summed E-state index contributed by atoms with van der Waals surface area (Å²) >= 11 is 0.921. The number of aryl methyl sites for hydroxylation is 1. The summed E-state index contributed by atoms with van der Waals surface area (Å²) in [5.74, 6) is 0.757. The molecule has 0 saturated carbocycles. The van der Waals surface area contributed by atoms with E-state index in [1.54, 1.807) is 0 Å². The lowest BCUT2D eigenvalue weighted by molar-refractivity contribution is -0.432. The second-order valence-corrected chi connectivity index (χ2v) is 5.92. The molecule has 6 heteroatoms. The maximum Gasteiger partial charge on any atom is 0.128 e. The van der Waals surface area contributed by atoms with Gasteiger partial charge in [0.2, 0.25) is 0 Å². The Morgan fingerprint density at radius 1 is 0.963 bits per heavy atom. The van der Waals surface area contributed by atoms with Crippen LogP contribution >= 0.6 is 12.0 Å². The topological polar surface area (TPSA) is 73.9 Å². The number of hydrogen-bond acceptors (Lipinski definition) is 6. The zero-order chi connectivity index (χ0) is 20.1. The number of fused-ring (bicyclic) bond motifs is 1. The summed E-state index contributed by atoms with van der Waals surface area (Å²) in [5.41, 5.74) is 6.83. The third-order valence-electron chi connectivity index (χ3n) is 3.47. The quantitative estimate of drug-likeness (QED) is 0.317. The maximum atomic E-state index is 8.31. The lowest BCUT2D eigenvalue weighted by Gasteiger charge is -2.11. The van der Waals surface area contributed by atoms with E-state index in [0.717, 1.165) is 39.0 Å². The van der Waals surface area contributed by atoms with E-state index < -0.39 is 0 Å². The molecule has 0 unspecified atom stereocenters. The number of hydrogen-bond donors (Lipinski definition) is 2. The Morgan fingerprint density at radius 3 is 2.30 bits per heavy atom. The zero-order valence-corrected chi connectivity index (χ0v) is 17.0. The normalized spacial score (nSPS) is 9.70. The molecule has 0 aliphatic carbocycles. The molecular formula is C21H27NO4S. The molecule has 3 aromatic rings. The predicted octanol–water partition coefficient (Wildman–Crippen LogP) is 5.76. The third-order valence-corrected chi connectivity index (χ3v) is 4.03. The lowest BCUT2D eigenvalue weighted by atomic mass is 10.1. The standard InChI is InChI=1S/C18H16O4S.C2H6.CH5N/c1-13-6-8-14(9-7-13)12-20-18-11-16(23-22-21-19)10-15-4-2-3-5-17(15)18;2*1-2/h2-11,19H,12H2,1H3;1-2H3;2H2,1H3. The minimum absolute atomic E-state index is 0.482. The summed E-state index contributed by atoms with van der Waals surface area (Å²) in [6, 6.07) is 20.0. The summed E-state index contributed by atoms with van der Waals surface area (Å²) in [5, 5.41) is 14.0. The van der Waals surface area contributed by atoms with Crippen molar-refractivity contribution in [3.05, 3.63) is 71.8 Å². The van der Waals surface area contributed by atoms with Crippen LogP contribution in [-0.4, -0.2) is 12.3 Å². The van der Waals surface area contributed by atoms with Crippen molar-refractivity contribution in [1.29, 1.82) is 0 Å². The van der Waals surface area contributed by atoms with E-state index in [4.69, 9.17) is 9.99 Å². The molecule has 0 heterocycles. The van der Waals surface area contributed by atoms with Crippen molar-refractivity contribution in [3.63, 3.8) is 0 Å². The smallest absolute Gasteiger partial charge is 0.128 e. The molecule has 0 bridgehead atoms. The van der Waals surface area contributed by atoms with Crippen molar-refractivity contribution in [2.45, 2.75) is 32.3 Å². The molecule has 3 aromatic carbocycles. The molecule has 0 fully saturated rings. The summed E-state index contributed by atoms with van der Waals surface area (Å²) < 4.78 is 10.5. The molecule has 5 nitrogen and oxygen atoms in total. The van der Waals surface area contributed by atoms with Gasteiger partial charge in [-0.15, -0.1) is 4.33 Å². The average Bonchev–Trinajstić information content (AvgIpc) is 2.74. The number of rotatable bonds is 6. The Kier molecular flexibility index (Phi) is 11.2. The van der Waals surface area contributed by atoms with Crippen molar-refractivity contribution in [1.82, 2.24) is 0 Å². The first-order valence-corrected chi connectivity index (χ1v) is 9.44. The Morgan fingerprint density at radius 2 is 1.63 bits per heavy atom. The Labute approximate surface area is 165 Å². The van der Waals surface area contributed by atoms with Crippen LogP contribution in [0.15, 0.2) is 65.6 Å². The predicted molar refractivity (Wildman–Crippen MR) is 112 cm³/mol. The summed E-state index contributed by atoms with van der Waals surface area (Å²) in [4.78, 5) is 0.775. The summed E-state index contributed by atoms with van der Waals surface area (Å²) in [6.07, 6.45) is 0. The highest BCUT2D eigenvalue weighted by molar-refractivity contribution is 7.94. The molecule has 0 saturated heterocycles. The van der Waals surface area contributed by atoms with Gasteiger partial charge in [0.25, 0.3) is 0 Å². The van der Waals surface area contributed by atoms with Gasteiger partial charge in [-0.05, 0) is 37.1 Å². The van der Waals surface area contributed by atoms with Gasteiger partial charge in [0.05, 0.1) is 12.0 Å². The Hall–Kier alpha value is -2.09. The van der Waals surface area contributed by atoms with E-state index in [9.17, 15) is 0 Å². The van der Waals surface area contributed by atoms with E-state index in [-0.39, 0.29) is 0 Å². The van der Waals surface area contributed by atoms with E-state index >= 15 is 0 Å². The first kappa shape index (κ1) is 23.0. The molecule has 27 heavy (non-hydrogen) atoms. The van der Waals surface area contributed by atoms with Crippen LogP contribution in [0, 0.1) is 6.92 Å². The van der Waals surface area contributed by atoms with E-state index in [2.05, 4.69) is 46.3 Å². The minimum Gasteiger partial charge on any atom is -0.488 e. The third kappa shape index (κ3) is 7.21. The number of benzene rings is 3. The number of nitrogens with two attached hydrogens (primary N) is 1. The Bertz CT molecular complexity index is 794. The fourth-order valence-electron chi connectivity index (χ4n) is 2.32. The van der Waals surface area contributed by atoms with Gasteiger partial charge in [-0.1, -0.05) is 73.0 Å². The van der Waals surface area contributed by atoms with Crippen LogP contribution in [0.1, 0.15) is 25.0 Å². The summed E-state index contributed by atoms with van der Waals surface area (Å²) in [7, 11) is 1.50. The van der Waals surface area contributed by atoms with E-state index in [1.165, 1.54) is 12.6 Å². The highest BCUT2D eigenvalue weighted by atomic mass is 32.2. The van der Waals surface area contributed by atoms with Crippen molar-refractivity contribution in [2.24, 2.45) is 5.73 Å². The fraction of sp³-hybridized carbons (Fsp3) is 0.238. The van der Waals surface area contributed by atoms with Gasteiger partial charge in [0.1, 0.15) is 12.4 Å². The van der Waals surface area contributed by atoms with Gasteiger partial charge < -0.3 is 10.5 Å². The minimum atomic E-state index is 0.482. The van der Waals surface area contributed by atoms with Gasteiger partial charge >= 0.3 is 0 Å². The SMILES string of the molecule is CC.CN.Cc1ccc(COc2cc(SOOO)cc3ccccc23)cc1.